The molecule has 4 rings (SSSR count). The van der Waals surface area contributed by atoms with E-state index in [1.807, 2.05) is 31.2 Å². The van der Waals surface area contributed by atoms with E-state index < -0.39 is 11.5 Å². The molecule has 0 bridgehead atoms. The fraction of sp³-hybridized carbons (Fsp3) is 0.208. The lowest BCUT2D eigenvalue weighted by Gasteiger charge is -2.18. The van der Waals surface area contributed by atoms with Gasteiger partial charge in [0.2, 0.25) is 5.91 Å². The van der Waals surface area contributed by atoms with Gasteiger partial charge in [-0.2, -0.15) is 0 Å². The van der Waals surface area contributed by atoms with Crippen molar-refractivity contribution in [3.05, 3.63) is 88.7 Å². The Morgan fingerprint density at radius 3 is 2.50 bits per heavy atom. The van der Waals surface area contributed by atoms with E-state index in [1.54, 1.807) is 25.4 Å². The molecule has 0 radical (unpaired) electrons. The van der Waals surface area contributed by atoms with Gasteiger partial charge in [0.15, 0.2) is 5.65 Å². The van der Waals surface area contributed by atoms with E-state index in [-0.39, 0.29) is 18.5 Å². The summed E-state index contributed by atoms with van der Waals surface area (Å²) in [5.74, 6) is 0.0429. The van der Waals surface area contributed by atoms with E-state index >= 15 is 0 Å². The Bertz CT molecular complexity index is 1290. The summed E-state index contributed by atoms with van der Waals surface area (Å²) in [4.78, 5) is 30.4. The van der Waals surface area contributed by atoms with Crippen LogP contribution in [0.4, 0.5) is 4.39 Å². The number of aromatic nitrogens is 3. The predicted molar refractivity (Wildman–Crippen MR) is 119 cm³/mol. The van der Waals surface area contributed by atoms with E-state index in [2.05, 4.69) is 10.3 Å². The molecule has 8 heteroatoms. The summed E-state index contributed by atoms with van der Waals surface area (Å²) in [6.45, 7) is 1.81. The van der Waals surface area contributed by atoms with E-state index in [1.165, 1.54) is 33.4 Å². The smallest absolute Gasteiger partial charge is 0.335 e. The number of carbonyl (C=O) groups is 1. The highest BCUT2D eigenvalue weighted by atomic mass is 19.1. The predicted octanol–water partition coefficient (Wildman–Crippen LogP) is 3.60. The lowest BCUT2D eigenvalue weighted by molar-refractivity contribution is -0.122. The van der Waals surface area contributed by atoms with Gasteiger partial charge in [-0.3, -0.25) is 9.36 Å². The van der Waals surface area contributed by atoms with Crippen molar-refractivity contribution in [2.45, 2.75) is 25.9 Å². The van der Waals surface area contributed by atoms with Crippen LogP contribution in [0.25, 0.3) is 16.9 Å². The first-order valence-electron chi connectivity index (χ1n) is 10.3. The van der Waals surface area contributed by atoms with Gasteiger partial charge in [-0.1, -0.05) is 19.1 Å². The zero-order valence-electron chi connectivity index (χ0n) is 17.8. The van der Waals surface area contributed by atoms with Gasteiger partial charge in [-0.05, 0) is 60.5 Å². The Kier molecular flexibility index (Phi) is 6.02. The molecule has 1 N–H and O–H groups in total. The van der Waals surface area contributed by atoms with Crippen LogP contribution in [0.5, 0.6) is 5.75 Å². The summed E-state index contributed by atoms with van der Waals surface area (Å²) in [5, 5.41) is 3.00. The minimum absolute atomic E-state index is 0.165. The third kappa shape index (κ3) is 4.12. The molecule has 0 spiro atoms. The molecule has 0 saturated heterocycles. The molecule has 0 aliphatic carbocycles. The maximum Gasteiger partial charge on any atom is 0.335 e. The molecular formula is C24H23FN4O3. The van der Waals surface area contributed by atoms with Crippen molar-refractivity contribution in [1.82, 2.24) is 19.4 Å². The van der Waals surface area contributed by atoms with Crippen molar-refractivity contribution in [2.75, 3.05) is 7.11 Å². The minimum atomic E-state index is -0.419. The van der Waals surface area contributed by atoms with Gasteiger partial charge in [0.05, 0.1) is 24.4 Å². The number of pyridine rings is 1. The highest BCUT2D eigenvalue weighted by Crippen LogP contribution is 2.20. The fourth-order valence-electron chi connectivity index (χ4n) is 3.70. The molecule has 4 aromatic rings. The number of imidazole rings is 1. The first-order valence-corrected chi connectivity index (χ1v) is 10.3. The molecule has 0 aliphatic heterocycles. The number of amides is 1. The topological polar surface area (TPSA) is 78.2 Å². The molecule has 2 aromatic carbocycles. The van der Waals surface area contributed by atoms with Crippen molar-refractivity contribution in [2.24, 2.45) is 0 Å². The number of nitrogens with one attached hydrogen (secondary N) is 1. The Morgan fingerprint density at radius 2 is 1.84 bits per heavy atom. The first kappa shape index (κ1) is 21.3. The van der Waals surface area contributed by atoms with Gasteiger partial charge < -0.3 is 10.1 Å². The standard InChI is InChI=1S/C24H23FN4O3/c1-3-20(16-6-12-19(32-2)13-7-16)27-22(30)15-28-21-5-4-14-26-23(21)29(24(28)31)18-10-8-17(25)9-11-18/h4-14,20H,3,15H2,1-2H3,(H,27,30)/t20-/m0/s1. The van der Waals surface area contributed by atoms with Crippen LogP contribution in [-0.2, 0) is 11.3 Å². The highest BCUT2D eigenvalue weighted by Gasteiger charge is 2.19. The van der Waals surface area contributed by atoms with E-state index in [0.717, 1.165) is 11.3 Å². The molecule has 0 aliphatic rings. The van der Waals surface area contributed by atoms with Gasteiger partial charge in [-0.25, -0.2) is 18.7 Å². The van der Waals surface area contributed by atoms with Crippen LogP contribution >= 0.6 is 0 Å². The maximum absolute atomic E-state index is 13.4. The van der Waals surface area contributed by atoms with Crippen LogP contribution in [0.2, 0.25) is 0 Å². The Labute approximate surface area is 184 Å². The van der Waals surface area contributed by atoms with Crippen molar-refractivity contribution in [3.63, 3.8) is 0 Å². The molecule has 1 amide bonds. The average Bonchev–Trinajstić information content (AvgIpc) is 3.09. The maximum atomic E-state index is 13.4. The SMILES string of the molecule is CC[C@H](NC(=O)Cn1c(=O)n(-c2ccc(F)cc2)c2ncccc21)c1ccc(OC)cc1. The number of methoxy groups -OCH3 is 1. The lowest BCUT2D eigenvalue weighted by Crippen LogP contribution is -2.35. The van der Waals surface area contributed by atoms with Crippen LogP contribution in [0.15, 0.2) is 71.7 Å². The molecule has 1 atom stereocenters. The summed E-state index contributed by atoms with van der Waals surface area (Å²) < 4.78 is 21.3. The second-order valence-corrected chi connectivity index (χ2v) is 7.33. The largest absolute Gasteiger partial charge is 0.497 e. The van der Waals surface area contributed by atoms with Crippen LogP contribution in [-0.4, -0.2) is 27.1 Å². The number of halogens is 1. The van der Waals surface area contributed by atoms with Crippen molar-refractivity contribution in [1.29, 1.82) is 0 Å². The average molecular weight is 434 g/mol. The zero-order chi connectivity index (χ0) is 22.7. The summed E-state index contributed by atoms with van der Waals surface area (Å²) >= 11 is 0. The monoisotopic (exact) mass is 434 g/mol. The van der Waals surface area contributed by atoms with Gasteiger partial charge in [0.1, 0.15) is 18.1 Å². The van der Waals surface area contributed by atoms with Gasteiger partial charge >= 0.3 is 5.69 Å². The lowest BCUT2D eigenvalue weighted by atomic mass is 10.0. The second kappa shape index (κ2) is 9.05. The van der Waals surface area contributed by atoms with Gasteiger partial charge in [0, 0.05) is 6.20 Å². The third-order valence-electron chi connectivity index (χ3n) is 5.34. The number of fused-ring (bicyclic) bond motifs is 1. The zero-order valence-corrected chi connectivity index (χ0v) is 17.8. The van der Waals surface area contributed by atoms with E-state index in [0.29, 0.717) is 23.3 Å². The molecule has 0 saturated carbocycles. The molecule has 2 heterocycles. The van der Waals surface area contributed by atoms with Gasteiger partial charge in [-0.15, -0.1) is 0 Å². The Morgan fingerprint density at radius 1 is 1.12 bits per heavy atom. The number of benzene rings is 2. The van der Waals surface area contributed by atoms with Crippen molar-refractivity contribution < 1.29 is 13.9 Å². The minimum Gasteiger partial charge on any atom is -0.497 e. The van der Waals surface area contributed by atoms with Crippen LogP contribution in [0, 0.1) is 5.82 Å². The molecule has 7 nitrogen and oxygen atoms in total. The summed E-state index contributed by atoms with van der Waals surface area (Å²) in [6.07, 6.45) is 2.26. The quantitative estimate of drug-likeness (QED) is 0.482. The van der Waals surface area contributed by atoms with E-state index in [9.17, 15) is 14.0 Å². The number of rotatable bonds is 7. The number of carbonyl (C=O) groups excluding carboxylic acids is 1. The molecule has 32 heavy (non-hydrogen) atoms. The molecule has 164 valence electrons. The van der Waals surface area contributed by atoms with Crippen LogP contribution < -0.4 is 15.7 Å². The molecule has 0 fully saturated rings. The van der Waals surface area contributed by atoms with Crippen molar-refractivity contribution in [3.8, 4) is 11.4 Å². The molecule has 0 unspecified atom stereocenters. The van der Waals surface area contributed by atoms with Gasteiger partial charge in [0.25, 0.3) is 0 Å². The normalized spacial score (nSPS) is 12.0. The Balaban J connectivity index is 1.63. The number of hydrogen-bond acceptors (Lipinski definition) is 4. The molecule has 2 aromatic heterocycles. The third-order valence-corrected chi connectivity index (χ3v) is 5.34. The fourth-order valence-corrected chi connectivity index (χ4v) is 3.70. The highest BCUT2D eigenvalue weighted by molar-refractivity contribution is 5.80. The number of nitrogens with zero attached hydrogens (tertiary/aromatic N) is 3. The number of ether oxygens (including phenoxy) is 1. The first-order chi connectivity index (χ1) is 15.5. The van der Waals surface area contributed by atoms with Crippen molar-refractivity contribution >= 4 is 17.1 Å². The summed E-state index contributed by atoms with van der Waals surface area (Å²) in [7, 11) is 1.60. The summed E-state index contributed by atoms with van der Waals surface area (Å²) in [5.41, 5.74) is 1.93. The second-order valence-electron chi connectivity index (χ2n) is 7.33. The summed E-state index contributed by atoms with van der Waals surface area (Å²) in [6, 6.07) is 16.3. The van der Waals surface area contributed by atoms with Crippen LogP contribution in [0.3, 0.4) is 0 Å². The number of hydrogen-bond donors (Lipinski definition) is 1. The Hall–Kier alpha value is -3.94. The van der Waals surface area contributed by atoms with E-state index in [4.69, 9.17) is 4.74 Å². The molecular weight excluding hydrogens is 411 g/mol. The van der Waals surface area contributed by atoms with Crippen LogP contribution in [0.1, 0.15) is 24.9 Å².